The quantitative estimate of drug-likeness (QED) is 0.717. The number of hydrogen-bond acceptors (Lipinski definition) is 4. The van der Waals surface area contributed by atoms with E-state index in [1.165, 1.54) is 6.07 Å². The van der Waals surface area contributed by atoms with Crippen molar-refractivity contribution in [3.05, 3.63) is 28.5 Å². The van der Waals surface area contributed by atoms with Crippen LogP contribution in [0.1, 0.15) is 43.2 Å². The molecule has 0 radical (unpaired) electrons. The minimum Gasteiger partial charge on any atom is -0.480 e. The predicted molar refractivity (Wildman–Crippen MR) is 78.5 cm³/mol. The van der Waals surface area contributed by atoms with Gasteiger partial charge in [0.1, 0.15) is 11.2 Å². The van der Waals surface area contributed by atoms with Gasteiger partial charge in [0.05, 0.1) is 0 Å². The van der Waals surface area contributed by atoms with Crippen molar-refractivity contribution in [3.8, 4) is 0 Å². The highest BCUT2D eigenvalue weighted by Crippen LogP contribution is 2.23. The standard InChI is InChI=1S/C14H19ClN2O4/c1-14(2,3)10-6-8(7-11(15)17-10)12(19)16-9(4-5-18)13(20)21/h6-7,9,18H,4-5H2,1-3H3,(H,16,19)(H,20,21)/t9-/m0/s1. The van der Waals surface area contributed by atoms with Crippen LogP contribution >= 0.6 is 11.6 Å². The van der Waals surface area contributed by atoms with E-state index in [-0.39, 0.29) is 29.2 Å². The number of carboxylic acid groups (broad SMARTS) is 1. The molecule has 0 bridgehead atoms. The SMILES string of the molecule is CC(C)(C)c1cc(C(=O)N[C@@H](CCO)C(=O)O)cc(Cl)n1. The molecular formula is C14H19ClN2O4. The monoisotopic (exact) mass is 314 g/mol. The fourth-order valence-electron chi connectivity index (χ4n) is 1.64. The van der Waals surface area contributed by atoms with Crippen LogP contribution in [0, 0.1) is 0 Å². The fourth-order valence-corrected chi connectivity index (χ4v) is 1.85. The van der Waals surface area contributed by atoms with E-state index in [0.717, 1.165) is 0 Å². The number of amides is 1. The van der Waals surface area contributed by atoms with Gasteiger partial charge in [0.15, 0.2) is 0 Å². The molecule has 0 aliphatic rings. The third kappa shape index (κ3) is 4.99. The Hall–Kier alpha value is -1.66. The van der Waals surface area contributed by atoms with Crippen LogP contribution in [0.3, 0.4) is 0 Å². The third-order valence-corrected chi connectivity index (χ3v) is 3.04. The van der Waals surface area contributed by atoms with Gasteiger partial charge in [-0.3, -0.25) is 4.79 Å². The number of pyridine rings is 1. The highest BCUT2D eigenvalue weighted by atomic mass is 35.5. The molecule has 0 spiro atoms. The Morgan fingerprint density at radius 1 is 1.38 bits per heavy atom. The lowest BCUT2D eigenvalue weighted by Crippen LogP contribution is -2.41. The number of rotatable bonds is 5. The van der Waals surface area contributed by atoms with Gasteiger partial charge in [0, 0.05) is 29.7 Å². The molecule has 3 N–H and O–H groups in total. The fraction of sp³-hybridized carbons (Fsp3) is 0.500. The normalized spacial score (nSPS) is 12.8. The summed E-state index contributed by atoms with van der Waals surface area (Å²) in [5, 5.41) is 20.3. The van der Waals surface area contributed by atoms with Crippen molar-refractivity contribution in [2.24, 2.45) is 0 Å². The molecule has 1 aromatic heterocycles. The van der Waals surface area contributed by atoms with E-state index in [9.17, 15) is 9.59 Å². The average Bonchev–Trinajstić information content (AvgIpc) is 2.36. The number of halogens is 1. The van der Waals surface area contributed by atoms with Gasteiger partial charge >= 0.3 is 5.97 Å². The summed E-state index contributed by atoms with van der Waals surface area (Å²) in [6.45, 7) is 5.46. The Labute approximate surface area is 128 Å². The van der Waals surface area contributed by atoms with E-state index in [0.29, 0.717) is 5.69 Å². The number of carbonyl (C=O) groups is 2. The van der Waals surface area contributed by atoms with E-state index in [4.69, 9.17) is 21.8 Å². The zero-order valence-electron chi connectivity index (χ0n) is 12.2. The van der Waals surface area contributed by atoms with Gasteiger partial charge in [-0.25, -0.2) is 9.78 Å². The zero-order valence-corrected chi connectivity index (χ0v) is 12.9. The van der Waals surface area contributed by atoms with Crippen LogP contribution in [0.15, 0.2) is 12.1 Å². The predicted octanol–water partition coefficient (Wildman–Crippen LogP) is 1.60. The molecule has 1 rings (SSSR count). The van der Waals surface area contributed by atoms with Gasteiger partial charge in [0.25, 0.3) is 5.91 Å². The summed E-state index contributed by atoms with van der Waals surface area (Å²) < 4.78 is 0. The molecule has 0 unspecified atom stereocenters. The van der Waals surface area contributed by atoms with Crippen LogP contribution in [-0.4, -0.2) is 39.7 Å². The number of hydrogen-bond donors (Lipinski definition) is 3. The number of aliphatic hydroxyl groups excluding tert-OH is 1. The minimum atomic E-state index is -1.20. The van der Waals surface area contributed by atoms with Gasteiger partial charge in [-0.15, -0.1) is 0 Å². The number of carboxylic acids is 1. The second-order valence-corrected chi connectivity index (χ2v) is 6.08. The maximum absolute atomic E-state index is 12.1. The number of aromatic nitrogens is 1. The number of aliphatic hydroxyl groups is 1. The van der Waals surface area contributed by atoms with E-state index in [1.807, 2.05) is 20.8 Å². The van der Waals surface area contributed by atoms with Crippen molar-refractivity contribution in [1.82, 2.24) is 10.3 Å². The summed E-state index contributed by atoms with van der Waals surface area (Å²) in [7, 11) is 0. The van der Waals surface area contributed by atoms with Gasteiger partial charge in [-0.05, 0) is 12.1 Å². The molecule has 7 heteroatoms. The molecule has 1 atom stereocenters. The number of carbonyl (C=O) groups excluding carboxylic acids is 1. The summed E-state index contributed by atoms with van der Waals surface area (Å²) in [4.78, 5) is 27.3. The molecule has 0 aromatic carbocycles. The lowest BCUT2D eigenvalue weighted by atomic mass is 9.91. The highest BCUT2D eigenvalue weighted by molar-refractivity contribution is 6.29. The first kappa shape index (κ1) is 17.4. The highest BCUT2D eigenvalue weighted by Gasteiger charge is 2.22. The van der Waals surface area contributed by atoms with Crippen LogP contribution in [0.5, 0.6) is 0 Å². The molecule has 21 heavy (non-hydrogen) atoms. The van der Waals surface area contributed by atoms with Crippen LogP contribution in [0.4, 0.5) is 0 Å². The molecule has 1 amide bonds. The molecule has 0 saturated carbocycles. The molecule has 0 saturated heterocycles. The van der Waals surface area contributed by atoms with Crippen LogP contribution in [0.2, 0.25) is 5.15 Å². The number of aliphatic carboxylic acids is 1. The summed E-state index contributed by atoms with van der Waals surface area (Å²) in [6, 6.07) is 1.82. The maximum Gasteiger partial charge on any atom is 0.326 e. The Morgan fingerprint density at radius 3 is 2.48 bits per heavy atom. The van der Waals surface area contributed by atoms with Crippen molar-refractivity contribution < 1.29 is 19.8 Å². The second-order valence-electron chi connectivity index (χ2n) is 5.69. The van der Waals surface area contributed by atoms with Crippen molar-refractivity contribution in [1.29, 1.82) is 0 Å². The molecule has 1 heterocycles. The van der Waals surface area contributed by atoms with Gasteiger partial charge in [0.2, 0.25) is 0 Å². The lowest BCUT2D eigenvalue weighted by molar-refractivity contribution is -0.139. The molecular weight excluding hydrogens is 296 g/mol. The zero-order chi connectivity index (χ0) is 16.2. The first-order chi connectivity index (χ1) is 9.65. The minimum absolute atomic E-state index is 0.0635. The molecule has 0 fully saturated rings. The lowest BCUT2D eigenvalue weighted by Gasteiger charge is -2.19. The van der Waals surface area contributed by atoms with Crippen LogP contribution in [-0.2, 0) is 10.2 Å². The summed E-state index contributed by atoms with van der Waals surface area (Å²) in [5.41, 5.74) is 0.579. The van der Waals surface area contributed by atoms with Crippen LogP contribution in [0.25, 0.3) is 0 Å². The molecule has 6 nitrogen and oxygen atoms in total. The summed E-state index contributed by atoms with van der Waals surface area (Å²) >= 11 is 5.91. The Morgan fingerprint density at radius 2 is 2.00 bits per heavy atom. The Kier molecular flexibility index (Phi) is 5.69. The van der Waals surface area contributed by atoms with Crippen molar-refractivity contribution in [2.45, 2.75) is 38.6 Å². The molecule has 116 valence electrons. The van der Waals surface area contributed by atoms with Crippen molar-refractivity contribution in [2.75, 3.05) is 6.61 Å². The van der Waals surface area contributed by atoms with E-state index in [2.05, 4.69) is 10.3 Å². The average molecular weight is 315 g/mol. The van der Waals surface area contributed by atoms with E-state index in [1.54, 1.807) is 6.07 Å². The van der Waals surface area contributed by atoms with Crippen LogP contribution < -0.4 is 5.32 Å². The largest absolute Gasteiger partial charge is 0.480 e. The molecule has 1 aromatic rings. The summed E-state index contributed by atoms with van der Waals surface area (Å²) in [6.07, 6.45) is -0.0635. The maximum atomic E-state index is 12.1. The van der Waals surface area contributed by atoms with Gasteiger partial charge in [-0.2, -0.15) is 0 Å². The second kappa shape index (κ2) is 6.87. The third-order valence-electron chi connectivity index (χ3n) is 2.85. The number of nitrogens with one attached hydrogen (secondary N) is 1. The van der Waals surface area contributed by atoms with Gasteiger partial charge < -0.3 is 15.5 Å². The molecule has 0 aliphatic heterocycles. The summed E-state index contributed by atoms with van der Waals surface area (Å²) in [5.74, 6) is -1.76. The van der Waals surface area contributed by atoms with E-state index < -0.39 is 17.9 Å². The topological polar surface area (TPSA) is 99.5 Å². The van der Waals surface area contributed by atoms with Crippen molar-refractivity contribution >= 4 is 23.5 Å². The Balaban J connectivity index is 3.02. The Bertz CT molecular complexity index is 540. The van der Waals surface area contributed by atoms with E-state index >= 15 is 0 Å². The smallest absolute Gasteiger partial charge is 0.326 e. The molecule has 0 aliphatic carbocycles. The first-order valence-corrected chi connectivity index (χ1v) is 6.85. The number of nitrogens with zero attached hydrogens (tertiary/aromatic N) is 1. The van der Waals surface area contributed by atoms with Gasteiger partial charge in [-0.1, -0.05) is 32.4 Å². The van der Waals surface area contributed by atoms with Crippen molar-refractivity contribution in [3.63, 3.8) is 0 Å². The first-order valence-electron chi connectivity index (χ1n) is 6.47.